The summed E-state index contributed by atoms with van der Waals surface area (Å²) in [6, 6.07) is 9.75. The van der Waals surface area contributed by atoms with Crippen LogP contribution < -0.4 is 9.47 Å². The smallest absolute Gasteiger partial charge is 0.253 e. The number of piperidine rings is 1. The maximum absolute atomic E-state index is 13.9. The Morgan fingerprint density at radius 1 is 1.24 bits per heavy atom. The van der Waals surface area contributed by atoms with Crippen LogP contribution in [0, 0.1) is 5.82 Å². The van der Waals surface area contributed by atoms with Gasteiger partial charge in [-0.1, -0.05) is 6.07 Å². The Kier molecular flexibility index (Phi) is 6.62. The first kappa shape index (κ1) is 24.5. The molecule has 2 aliphatic rings. The summed E-state index contributed by atoms with van der Waals surface area (Å²) in [5.74, 6) is 0.760. The van der Waals surface area contributed by atoms with Crippen molar-refractivity contribution in [2.45, 2.75) is 70.4 Å². The van der Waals surface area contributed by atoms with E-state index < -0.39 is 11.2 Å². The van der Waals surface area contributed by atoms with E-state index >= 15 is 0 Å². The minimum absolute atomic E-state index is 0. The number of ether oxygens (including phenoxy) is 3. The highest BCUT2D eigenvalue weighted by Crippen LogP contribution is 2.46. The Hall–Kier alpha value is -2.64. The zero-order valence-electron chi connectivity index (χ0n) is 20.6. The molecule has 0 unspecified atom stereocenters. The number of likely N-dealkylation sites (tertiary alicyclic amines) is 1. The van der Waals surface area contributed by atoms with Gasteiger partial charge in [0.2, 0.25) is 0 Å². The predicted molar refractivity (Wildman–Crippen MR) is 129 cm³/mol. The van der Waals surface area contributed by atoms with Gasteiger partial charge in [0, 0.05) is 50.5 Å². The average Bonchev–Trinajstić information content (AvgIpc) is 2.78. The van der Waals surface area contributed by atoms with E-state index in [-0.39, 0.29) is 25.4 Å². The quantitative estimate of drug-likeness (QED) is 0.644. The highest BCUT2D eigenvalue weighted by atomic mass is 19.1. The van der Waals surface area contributed by atoms with Crippen LogP contribution >= 0.6 is 0 Å². The molecular formula is C27H36FNO5. The number of fused-ring (bicyclic) bond motifs is 1. The van der Waals surface area contributed by atoms with E-state index in [1.807, 2.05) is 18.7 Å². The average molecular weight is 474 g/mol. The van der Waals surface area contributed by atoms with Crippen molar-refractivity contribution in [1.82, 2.24) is 4.90 Å². The first-order valence-corrected chi connectivity index (χ1v) is 11.9. The number of hydrogen-bond acceptors (Lipinski definition) is 5. The lowest BCUT2D eigenvalue weighted by Crippen LogP contribution is -2.52. The van der Waals surface area contributed by atoms with Crippen molar-refractivity contribution < 1.29 is 29.9 Å². The van der Waals surface area contributed by atoms with Gasteiger partial charge in [-0.3, -0.25) is 4.79 Å². The zero-order chi connectivity index (χ0) is 24.7. The van der Waals surface area contributed by atoms with Gasteiger partial charge in [0.25, 0.3) is 5.91 Å². The molecule has 1 atom stereocenters. The Labute approximate surface area is 202 Å². The molecule has 1 fully saturated rings. The summed E-state index contributed by atoms with van der Waals surface area (Å²) in [7, 11) is 1.53. The standard InChI is InChI=1S/C27H34FNO5.H2/c1-17(2)33-24-16-27(34-22-9-7-19(28)15-20(22)24)10-12-29(13-11-27)25(30)18-6-8-21(26(3,4)31)23(14-18)32-5;/h6-9,14-15,17,24,31H,10-13,16H2,1-5H3;1H/t24-;/m1./s1. The first-order valence-electron chi connectivity index (χ1n) is 11.9. The molecule has 1 amide bonds. The molecule has 2 heterocycles. The van der Waals surface area contributed by atoms with Gasteiger partial charge in [0.15, 0.2) is 0 Å². The van der Waals surface area contributed by atoms with E-state index in [0.29, 0.717) is 55.0 Å². The summed E-state index contributed by atoms with van der Waals surface area (Å²) in [6.45, 7) is 8.39. The highest BCUT2D eigenvalue weighted by molar-refractivity contribution is 5.95. The van der Waals surface area contributed by atoms with Crippen LogP contribution in [-0.2, 0) is 10.3 Å². The lowest BCUT2D eigenvalue weighted by atomic mass is 9.81. The molecule has 2 aromatic rings. The lowest BCUT2D eigenvalue weighted by Gasteiger charge is -2.47. The van der Waals surface area contributed by atoms with Crippen molar-refractivity contribution >= 4 is 5.91 Å². The van der Waals surface area contributed by atoms with Gasteiger partial charge in [-0.25, -0.2) is 4.39 Å². The van der Waals surface area contributed by atoms with Crippen LogP contribution in [0.3, 0.4) is 0 Å². The number of carbonyl (C=O) groups excluding carboxylic acids is 1. The fraction of sp³-hybridized carbons (Fsp3) is 0.519. The minimum atomic E-state index is -1.07. The monoisotopic (exact) mass is 473 g/mol. The molecule has 34 heavy (non-hydrogen) atoms. The van der Waals surface area contributed by atoms with Crippen molar-refractivity contribution in [3.05, 3.63) is 58.9 Å². The summed E-state index contributed by atoms with van der Waals surface area (Å²) < 4.78 is 31.9. The minimum Gasteiger partial charge on any atom is -0.496 e. The largest absolute Gasteiger partial charge is 0.496 e. The second kappa shape index (κ2) is 9.19. The third kappa shape index (κ3) is 4.91. The fourth-order valence-electron chi connectivity index (χ4n) is 4.97. The number of halogens is 1. The molecular weight excluding hydrogens is 437 g/mol. The van der Waals surface area contributed by atoms with Gasteiger partial charge >= 0.3 is 0 Å². The molecule has 1 spiro atoms. The lowest BCUT2D eigenvalue weighted by molar-refractivity contribution is -0.0873. The molecule has 6 nitrogen and oxygen atoms in total. The summed E-state index contributed by atoms with van der Waals surface area (Å²) in [5, 5.41) is 10.4. The molecule has 0 aliphatic carbocycles. The van der Waals surface area contributed by atoms with Crippen molar-refractivity contribution in [3.8, 4) is 11.5 Å². The molecule has 2 aromatic carbocycles. The summed E-state index contributed by atoms with van der Waals surface area (Å²) >= 11 is 0. The second-order valence-electron chi connectivity index (χ2n) is 10.1. The summed E-state index contributed by atoms with van der Waals surface area (Å²) in [4.78, 5) is 15.1. The number of carbonyl (C=O) groups is 1. The Balaban J connectivity index is 0.00000342. The molecule has 186 valence electrons. The van der Waals surface area contributed by atoms with Crippen molar-refractivity contribution in [2.75, 3.05) is 20.2 Å². The van der Waals surface area contributed by atoms with Crippen LogP contribution in [0.2, 0.25) is 0 Å². The fourth-order valence-corrected chi connectivity index (χ4v) is 4.97. The third-order valence-corrected chi connectivity index (χ3v) is 6.71. The van der Waals surface area contributed by atoms with Crippen LogP contribution in [0.15, 0.2) is 36.4 Å². The molecule has 4 rings (SSSR count). The van der Waals surface area contributed by atoms with Gasteiger partial charge in [-0.15, -0.1) is 0 Å². The number of rotatable bonds is 5. The van der Waals surface area contributed by atoms with Crippen LogP contribution in [-0.4, -0.2) is 47.8 Å². The van der Waals surface area contributed by atoms with Crippen molar-refractivity contribution in [3.63, 3.8) is 0 Å². The Morgan fingerprint density at radius 2 is 1.94 bits per heavy atom. The van der Waals surface area contributed by atoms with Gasteiger partial charge < -0.3 is 24.2 Å². The Morgan fingerprint density at radius 3 is 2.56 bits per heavy atom. The van der Waals surface area contributed by atoms with Crippen LogP contribution in [0.4, 0.5) is 4.39 Å². The number of methoxy groups -OCH3 is 1. The van der Waals surface area contributed by atoms with Gasteiger partial charge in [0.1, 0.15) is 22.9 Å². The normalized spacial score (nSPS) is 19.6. The van der Waals surface area contributed by atoms with Gasteiger partial charge in [0.05, 0.1) is 24.9 Å². The van der Waals surface area contributed by atoms with Crippen molar-refractivity contribution in [1.29, 1.82) is 0 Å². The molecule has 1 saturated heterocycles. The summed E-state index contributed by atoms with van der Waals surface area (Å²) in [5.41, 5.74) is 0.371. The van der Waals surface area contributed by atoms with Crippen LogP contribution in [0.5, 0.6) is 11.5 Å². The van der Waals surface area contributed by atoms with E-state index in [1.165, 1.54) is 19.2 Å². The maximum atomic E-state index is 13.9. The van der Waals surface area contributed by atoms with Crippen molar-refractivity contribution in [2.24, 2.45) is 0 Å². The van der Waals surface area contributed by atoms with Gasteiger partial charge in [-0.2, -0.15) is 0 Å². The molecule has 7 heteroatoms. The third-order valence-electron chi connectivity index (χ3n) is 6.71. The molecule has 2 aliphatic heterocycles. The molecule has 0 radical (unpaired) electrons. The molecule has 1 N–H and O–H groups in total. The number of benzene rings is 2. The Bertz CT molecular complexity index is 1060. The second-order valence-corrected chi connectivity index (χ2v) is 10.1. The highest BCUT2D eigenvalue weighted by Gasteiger charge is 2.45. The van der Waals surface area contributed by atoms with Crippen LogP contribution in [0.1, 0.15) is 76.0 Å². The predicted octanol–water partition coefficient (Wildman–Crippen LogP) is 5.23. The van der Waals surface area contributed by atoms with Gasteiger partial charge in [-0.05, 0) is 58.0 Å². The molecule has 0 saturated carbocycles. The topological polar surface area (TPSA) is 68.2 Å². The maximum Gasteiger partial charge on any atom is 0.253 e. The summed E-state index contributed by atoms with van der Waals surface area (Å²) in [6.07, 6.45) is 1.69. The van der Waals surface area contributed by atoms with E-state index in [9.17, 15) is 14.3 Å². The number of hydrogen-bond donors (Lipinski definition) is 1. The van der Waals surface area contributed by atoms with E-state index in [0.717, 1.165) is 5.56 Å². The van der Waals surface area contributed by atoms with E-state index in [4.69, 9.17) is 14.2 Å². The van der Waals surface area contributed by atoms with E-state index in [2.05, 4.69) is 0 Å². The number of nitrogens with zero attached hydrogens (tertiary/aromatic N) is 1. The first-order chi connectivity index (χ1) is 16.0. The molecule has 0 aromatic heterocycles. The SMILES string of the molecule is COc1cc(C(=O)N2CCC3(CC2)C[C@@H](OC(C)C)c2cc(F)ccc2O3)ccc1C(C)(C)O.[HH]. The number of amides is 1. The zero-order valence-corrected chi connectivity index (χ0v) is 20.6. The van der Waals surface area contributed by atoms with Crippen LogP contribution in [0.25, 0.3) is 0 Å². The number of aliphatic hydroxyl groups is 1. The molecule has 0 bridgehead atoms. The van der Waals surface area contributed by atoms with E-state index in [1.54, 1.807) is 38.1 Å².